The van der Waals surface area contributed by atoms with Gasteiger partial charge in [0.2, 0.25) is 0 Å². The highest BCUT2D eigenvalue weighted by molar-refractivity contribution is 7.92. The summed E-state index contributed by atoms with van der Waals surface area (Å²) in [5, 5.41) is 0.256. The third kappa shape index (κ3) is 3.16. The van der Waals surface area contributed by atoms with Crippen LogP contribution >= 0.6 is 11.6 Å². The number of hydrogen-bond donors (Lipinski definition) is 0. The zero-order valence-electron chi connectivity index (χ0n) is 11.1. The van der Waals surface area contributed by atoms with E-state index in [4.69, 9.17) is 11.6 Å². The van der Waals surface area contributed by atoms with E-state index in [0.717, 1.165) is 16.4 Å². The van der Waals surface area contributed by atoms with E-state index in [0.29, 0.717) is 6.07 Å². The van der Waals surface area contributed by atoms with Crippen LogP contribution in [0.2, 0.25) is 5.02 Å². The topological polar surface area (TPSA) is 37.4 Å². The van der Waals surface area contributed by atoms with Crippen LogP contribution < -0.4 is 4.31 Å². The number of sulfonamides is 1. The van der Waals surface area contributed by atoms with E-state index in [-0.39, 0.29) is 22.2 Å². The average molecular weight is 332 g/mol. The van der Waals surface area contributed by atoms with E-state index < -0.39 is 21.7 Å². The van der Waals surface area contributed by atoms with Crippen molar-refractivity contribution in [3.63, 3.8) is 0 Å². The molecule has 0 aliphatic heterocycles. The van der Waals surface area contributed by atoms with Crippen molar-refractivity contribution in [2.24, 2.45) is 0 Å². The van der Waals surface area contributed by atoms with E-state index in [1.54, 1.807) is 6.92 Å². The average Bonchev–Trinajstić information content (AvgIpc) is 2.42. The monoisotopic (exact) mass is 331 g/mol. The molecule has 0 radical (unpaired) electrons. The predicted molar refractivity (Wildman–Crippen MR) is 78.0 cm³/mol. The lowest BCUT2D eigenvalue weighted by Gasteiger charge is -2.23. The Kier molecular flexibility index (Phi) is 4.49. The molecule has 7 heteroatoms. The molecule has 0 atom stereocenters. The van der Waals surface area contributed by atoms with Crippen molar-refractivity contribution < 1.29 is 17.2 Å². The normalized spacial score (nSPS) is 11.4. The summed E-state index contributed by atoms with van der Waals surface area (Å²) in [6.07, 6.45) is 0. The first kappa shape index (κ1) is 15.7. The summed E-state index contributed by atoms with van der Waals surface area (Å²) in [7, 11) is -3.98. The van der Waals surface area contributed by atoms with Crippen molar-refractivity contribution in [1.82, 2.24) is 0 Å². The molecule has 0 N–H and O–H groups in total. The van der Waals surface area contributed by atoms with Gasteiger partial charge in [0.25, 0.3) is 10.0 Å². The largest absolute Gasteiger partial charge is 0.264 e. The van der Waals surface area contributed by atoms with E-state index in [2.05, 4.69) is 0 Å². The van der Waals surface area contributed by atoms with Crippen molar-refractivity contribution in [1.29, 1.82) is 0 Å². The van der Waals surface area contributed by atoms with Gasteiger partial charge >= 0.3 is 0 Å². The van der Waals surface area contributed by atoms with Gasteiger partial charge in [-0.2, -0.15) is 0 Å². The molecule has 0 amide bonds. The molecule has 21 heavy (non-hydrogen) atoms. The van der Waals surface area contributed by atoms with Gasteiger partial charge in [-0.3, -0.25) is 4.31 Å². The van der Waals surface area contributed by atoms with Gasteiger partial charge in [-0.1, -0.05) is 17.7 Å². The molecule has 0 bridgehead atoms. The maximum atomic E-state index is 13.8. The third-order valence-corrected chi connectivity index (χ3v) is 4.97. The molecule has 2 aromatic rings. The summed E-state index contributed by atoms with van der Waals surface area (Å²) in [5.74, 6) is -1.71. The SMILES string of the molecule is CCN(c1ccc(F)cc1F)S(=O)(=O)c1cccc(Cl)c1. The number of halogens is 3. The molecule has 3 nitrogen and oxygen atoms in total. The number of benzene rings is 2. The molecule has 0 aliphatic rings. The summed E-state index contributed by atoms with van der Waals surface area (Å²) in [6, 6.07) is 8.42. The number of hydrogen-bond acceptors (Lipinski definition) is 2. The standard InChI is InChI=1S/C14H12ClF2NO2S/c1-2-18(14-7-6-11(16)9-13(14)17)21(19,20)12-5-3-4-10(15)8-12/h3-9H,2H2,1H3. The van der Waals surface area contributed by atoms with Gasteiger partial charge < -0.3 is 0 Å². The molecule has 0 aliphatic carbocycles. The molecule has 0 heterocycles. The second-order valence-corrected chi connectivity index (χ2v) is 6.52. The Bertz CT molecular complexity index is 765. The lowest BCUT2D eigenvalue weighted by molar-refractivity contribution is 0.574. The highest BCUT2D eigenvalue weighted by atomic mass is 35.5. The third-order valence-electron chi connectivity index (χ3n) is 2.85. The van der Waals surface area contributed by atoms with Crippen LogP contribution in [0.5, 0.6) is 0 Å². The molecule has 0 aromatic heterocycles. The highest BCUT2D eigenvalue weighted by Crippen LogP contribution is 2.27. The van der Waals surface area contributed by atoms with Crippen LogP contribution in [0, 0.1) is 11.6 Å². The van der Waals surface area contributed by atoms with Crippen molar-refractivity contribution in [3.8, 4) is 0 Å². The Balaban J connectivity index is 2.54. The Labute approximate surface area is 126 Å². The molecule has 112 valence electrons. The zero-order valence-corrected chi connectivity index (χ0v) is 12.6. The molecule has 0 spiro atoms. The second-order valence-electron chi connectivity index (χ2n) is 4.22. The van der Waals surface area contributed by atoms with Gasteiger partial charge in [0.05, 0.1) is 10.6 Å². The first-order valence-corrected chi connectivity index (χ1v) is 7.91. The van der Waals surface area contributed by atoms with Gasteiger partial charge in [0.1, 0.15) is 11.6 Å². The van der Waals surface area contributed by atoms with Gasteiger partial charge in [-0.25, -0.2) is 17.2 Å². The van der Waals surface area contributed by atoms with Crippen LogP contribution in [0.1, 0.15) is 6.92 Å². The minimum Gasteiger partial charge on any atom is -0.264 e. The molecular weight excluding hydrogens is 320 g/mol. The van der Waals surface area contributed by atoms with Crippen LogP contribution in [-0.4, -0.2) is 15.0 Å². The molecule has 2 aromatic carbocycles. The van der Waals surface area contributed by atoms with Gasteiger partial charge in [0.15, 0.2) is 0 Å². The Morgan fingerprint density at radius 1 is 1.14 bits per heavy atom. The quantitative estimate of drug-likeness (QED) is 0.853. The fraction of sp³-hybridized carbons (Fsp3) is 0.143. The fourth-order valence-electron chi connectivity index (χ4n) is 1.91. The fourth-order valence-corrected chi connectivity index (χ4v) is 3.69. The maximum absolute atomic E-state index is 13.8. The van der Waals surface area contributed by atoms with E-state index in [9.17, 15) is 17.2 Å². The van der Waals surface area contributed by atoms with E-state index >= 15 is 0 Å². The number of nitrogens with zero attached hydrogens (tertiary/aromatic N) is 1. The first-order chi connectivity index (χ1) is 9.86. The maximum Gasteiger partial charge on any atom is 0.264 e. The molecule has 0 saturated heterocycles. The van der Waals surface area contributed by atoms with Crippen molar-refractivity contribution in [2.75, 3.05) is 10.8 Å². The van der Waals surface area contributed by atoms with Crippen molar-refractivity contribution >= 4 is 27.3 Å². The summed E-state index contributed by atoms with van der Waals surface area (Å²) < 4.78 is 52.8. The second kappa shape index (κ2) is 5.99. The van der Waals surface area contributed by atoms with E-state index in [1.807, 2.05) is 0 Å². The molecule has 0 saturated carbocycles. The first-order valence-electron chi connectivity index (χ1n) is 6.09. The van der Waals surface area contributed by atoms with Gasteiger partial charge in [-0.15, -0.1) is 0 Å². The Morgan fingerprint density at radius 3 is 2.43 bits per heavy atom. The predicted octanol–water partition coefficient (Wildman–Crippen LogP) is 3.83. The smallest absolute Gasteiger partial charge is 0.264 e. The van der Waals surface area contributed by atoms with Gasteiger partial charge in [-0.05, 0) is 37.3 Å². The molecule has 2 rings (SSSR count). The van der Waals surface area contributed by atoms with Crippen LogP contribution in [0.3, 0.4) is 0 Å². The number of rotatable bonds is 4. The van der Waals surface area contributed by atoms with Gasteiger partial charge in [0, 0.05) is 17.6 Å². The summed E-state index contributed by atoms with van der Waals surface area (Å²) in [5.41, 5.74) is -0.209. The Hall–Kier alpha value is -1.66. The van der Waals surface area contributed by atoms with Crippen LogP contribution in [-0.2, 0) is 10.0 Å². The zero-order chi connectivity index (χ0) is 15.6. The minimum absolute atomic E-state index is 0.00258. The van der Waals surface area contributed by atoms with Crippen molar-refractivity contribution in [2.45, 2.75) is 11.8 Å². The van der Waals surface area contributed by atoms with Crippen LogP contribution in [0.25, 0.3) is 0 Å². The lowest BCUT2D eigenvalue weighted by atomic mass is 10.3. The summed E-state index contributed by atoms with van der Waals surface area (Å²) in [6.45, 7) is 1.56. The van der Waals surface area contributed by atoms with Crippen LogP contribution in [0.4, 0.5) is 14.5 Å². The summed E-state index contributed by atoms with van der Waals surface area (Å²) >= 11 is 5.79. The van der Waals surface area contributed by atoms with E-state index in [1.165, 1.54) is 24.3 Å². The minimum atomic E-state index is -3.98. The van der Waals surface area contributed by atoms with Crippen LogP contribution in [0.15, 0.2) is 47.4 Å². The Morgan fingerprint density at radius 2 is 1.86 bits per heavy atom. The number of anilines is 1. The molecule has 0 fully saturated rings. The lowest BCUT2D eigenvalue weighted by Crippen LogP contribution is -2.31. The van der Waals surface area contributed by atoms with Crippen molar-refractivity contribution in [3.05, 3.63) is 59.1 Å². The highest BCUT2D eigenvalue weighted by Gasteiger charge is 2.26. The molecular formula is C14H12ClF2NO2S. The molecule has 0 unspecified atom stereocenters. The summed E-state index contributed by atoms with van der Waals surface area (Å²) in [4.78, 5) is -0.0550.